The number of amides is 1. The molecule has 0 aliphatic carbocycles. The highest BCUT2D eigenvalue weighted by Gasteiger charge is 2.23. The fraction of sp³-hybridized carbons (Fsp3) is 0.250. The van der Waals surface area contributed by atoms with Gasteiger partial charge in [0.05, 0.1) is 11.3 Å². The molecule has 1 fully saturated rings. The van der Waals surface area contributed by atoms with Gasteiger partial charge in [-0.25, -0.2) is 4.98 Å². The first kappa shape index (κ1) is 18.3. The largest absolute Gasteiger partial charge is 0.336 e. The number of piperazine rings is 1. The van der Waals surface area contributed by atoms with E-state index in [9.17, 15) is 4.79 Å². The first-order valence-corrected chi connectivity index (χ1v) is 10.5. The summed E-state index contributed by atoms with van der Waals surface area (Å²) in [6.45, 7) is 3.97. The highest BCUT2D eigenvalue weighted by atomic mass is 79.9. The van der Waals surface area contributed by atoms with Crippen LogP contribution in [-0.4, -0.2) is 51.9 Å². The van der Waals surface area contributed by atoms with Crippen molar-refractivity contribution in [1.82, 2.24) is 19.8 Å². The maximum Gasteiger partial charge on any atom is 0.255 e. The Labute approximate surface area is 170 Å². The molecule has 0 saturated carbocycles. The summed E-state index contributed by atoms with van der Waals surface area (Å²) in [5.74, 6) is 0.0449. The van der Waals surface area contributed by atoms with Crippen LogP contribution in [0.1, 0.15) is 16.1 Å². The van der Waals surface area contributed by atoms with E-state index in [0.717, 1.165) is 53.5 Å². The molecule has 2 aromatic heterocycles. The van der Waals surface area contributed by atoms with E-state index in [-0.39, 0.29) is 5.91 Å². The van der Waals surface area contributed by atoms with Gasteiger partial charge in [0.25, 0.3) is 5.91 Å². The Bertz CT molecular complexity index is 922. The molecule has 0 spiro atoms. The molecule has 1 saturated heterocycles. The van der Waals surface area contributed by atoms with E-state index >= 15 is 0 Å². The molecule has 0 radical (unpaired) electrons. The maximum absolute atomic E-state index is 12.6. The zero-order chi connectivity index (χ0) is 18.6. The zero-order valence-corrected chi connectivity index (χ0v) is 17.1. The van der Waals surface area contributed by atoms with Crippen molar-refractivity contribution in [2.45, 2.75) is 6.54 Å². The molecule has 0 bridgehead atoms. The Balaban J connectivity index is 1.33. The highest BCUT2D eigenvalue weighted by molar-refractivity contribution is 9.10. The predicted molar refractivity (Wildman–Crippen MR) is 111 cm³/mol. The molecule has 1 aliphatic heterocycles. The second-order valence-electron chi connectivity index (χ2n) is 6.47. The molecule has 3 heterocycles. The van der Waals surface area contributed by atoms with Crippen LogP contribution in [0.5, 0.6) is 0 Å². The highest BCUT2D eigenvalue weighted by Crippen LogP contribution is 2.24. The van der Waals surface area contributed by atoms with Crippen LogP contribution < -0.4 is 0 Å². The number of pyridine rings is 1. The number of carbonyl (C=O) groups excluding carboxylic acids is 1. The Morgan fingerprint density at radius 1 is 1.11 bits per heavy atom. The smallest absolute Gasteiger partial charge is 0.255 e. The number of aromatic nitrogens is 2. The molecule has 3 aromatic rings. The second-order valence-corrected chi connectivity index (χ2v) is 8.24. The fourth-order valence-corrected chi connectivity index (χ4v) is 4.32. The topological polar surface area (TPSA) is 49.3 Å². The number of benzene rings is 1. The monoisotopic (exact) mass is 442 g/mol. The molecule has 5 nitrogen and oxygen atoms in total. The zero-order valence-electron chi connectivity index (χ0n) is 14.7. The molecule has 7 heteroatoms. The van der Waals surface area contributed by atoms with Crippen molar-refractivity contribution in [3.8, 4) is 10.6 Å². The summed E-state index contributed by atoms with van der Waals surface area (Å²) >= 11 is 5.05. The molecule has 0 N–H and O–H groups in total. The number of hydrogen-bond donors (Lipinski definition) is 0. The first-order chi connectivity index (χ1) is 13.2. The lowest BCUT2D eigenvalue weighted by Crippen LogP contribution is -2.48. The van der Waals surface area contributed by atoms with Gasteiger partial charge in [0.15, 0.2) is 0 Å². The van der Waals surface area contributed by atoms with Crippen LogP contribution in [0.25, 0.3) is 10.6 Å². The third kappa shape index (κ3) is 4.43. The molecule has 1 aromatic carbocycles. The number of rotatable bonds is 4. The lowest BCUT2D eigenvalue weighted by atomic mass is 10.2. The summed E-state index contributed by atoms with van der Waals surface area (Å²) in [6.07, 6.45) is 3.31. The number of thiazole rings is 1. The van der Waals surface area contributed by atoms with Gasteiger partial charge >= 0.3 is 0 Å². The van der Waals surface area contributed by atoms with Gasteiger partial charge in [0.1, 0.15) is 5.01 Å². The molecule has 0 atom stereocenters. The number of carbonyl (C=O) groups is 1. The first-order valence-electron chi connectivity index (χ1n) is 8.81. The average molecular weight is 443 g/mol. The standard InChI is InChI=1S/C20H19BrN4OS/c21-17-10-16(11-22-12-17)20(26)25-8-6-24(7-9-25)13-18-14-27-19(23-18)15-4-2-1-3-5-15/h1-5,10-12,14H,6-9,13H2. The van der Waals surface area contributed by atoms with Gasteiger partial charge in [-0.3, -0.25) is 14.7 Å². The van der Waals surface area contributed by atoms with Crippen LogP contribution in [0.15, 0.2) is 58.6 Å². The van der Waals surface area contributed by atoms with Gasteiger partial charge in [-0.15, -0.1) is 11.3 Å². The quantitative estimate of drug-likeness (QED) is 0.614. The van der Waals surface area contributed by atoms with E-state index in [1.54, 1.807) is 23.7 Å². The minimum atomic E-state index is 0.0449. The molecule has 1 amide bonds. The van der Waals surface area contributed by atoms with Crippen LogP contribution in [-0.2, 0) is 6.54 Å². The van der Waals surface area contributed by atoms with Crippen molar-refractivity contribution < 1.29 is 4.79 Å². The summed E-state index contributed by atoms with van der Waals surface area (Å²) in [6, 6.07) is 12.1. The minimum Gasteiger partial charge on any atom is -0.336 e. The van der Waals surface area contributed by atoms with E-state index in [4.69, 9.17) is 4.98 Å². The van der Waals surface area contributed by atoms with E-state index < -0.39 is 0 Å². The molecule has 0 unspecified atom stereocenters. The van der Waals surface area contributed by atoms with Gasteiger partial charge in [-0.2, -0.15) is 0 Å². The summed E-state index contributed by atoms with van der Waals surface area (Å²) in [5.41, 5.74) is 2.88. The Morgan fingerprint density at radius 3 is 2.63 bits per heavy atom. The molecular weight excluding hydrogens is 424 g/mol. The lowest BCUT2D eigenvalue weighted by Gasteiger charge is -2.34. The van der Waals surface area contributed by atoms with Gasteiger partial charge in [-0.1, -0.05) is 30.3 Å². The van der Waals surface area contributed by atoms with Crippen molar-refractivity contribution in [1.29, 1.82) is 0 Å². The minimum absolute atomic E-state index is 0.0449. The second kappa shape index (κ2) is 8.29. The van der Waals surface area contributed by atoms with E-state index in [1.807, 2.05) is 29.2 Å². The normalized spacial score (nSPS) is 15.1. The third-order valence-electron chi connectivity index (χ3n) is 4.57. The summed E-state index contributed by atoms with van der Waals surface area (Å²) < 4.78 is 0.824. The van der Waals surface area contributed by atoms with Crippen LogP contribution in [0.2, 0.25) is 0 Å². The molecule has 4 rings (SSSR count). The number of halogens is 1. The summed E-state index contributed by atoms with van der Waals surface area (Å²) in [4.78, 5) is 25.7. The van der Waals surface area contributed by atoms with Gasteiger partial charge in [0, 0.05) is 60.5 Å². The van der Waals surface area contributed by atoms with Crippen LogP contribution in [0.3, 0.4) is 0 Å². The van der Waals surface area contributed by atoms with Crippen molar-refractivity contribution in [2.24, 2.45) is 0 Å². The number of nitrogens with zero attached hydrogens (tertiary/aromatic N) is 4. The van der Waals surface area contributed by atoms with Crippen molar-refractivity contribution in [2.75, 3.05) is 26.2 Å². The summed E-state index contributed by atoms with van der Waals surface area (Å²) in [7, 11) is 0. The summed E-state index contributed by atoms with van der Waals surface area (Å²) in [5, 5.41) is 3.19. The van der Waals surface area contributed by atoms with Gasteiger partial charge < -0.3 is 4.90 Å². The van der Waals surface area contributed by atoms with E-state index in [1.165, 1.54) is 0 Å². The van der Waals surface area contributed by atoms with Crippen LogP contribution in [0, 0.1) is 0 Å². The lowest BCUT2D eigenvalue weighted by molar-refractivity contribution is 0.0627. The van der Waals surface area contributed by atoms with Crippen LogP contribution >= 0.6 is 27.3 Å². The fourth-order valence-electron chi connectivity index (χ4n) is 3.14. The Morgan fingerprint density at radius 2 is 1.89 bits per heavy atom. The average Bonchev–Trinajstić information content (AvgIpc) is 3.17. The number of hydrogen-bond acceptors (Lipinski definition) is 5. The Hall–Kier alpha value is -2.09. The van der Waals surface area contributed by atoms with Gasteiger partial charge in [0.2, 0.25) is 0 Å². The molecule has 138 valence electrons. The van der Waals surface area contributed by atoms with Crippen molar-refractivity contribution in [3.05, 3.63) is 69.9 Å². The predicted octanol–water partition coefficient (Wildman–Crippen LogP) is 3.93. The molecular formula is C20H19BrN4OS. The van der Waals surface area contributed by atoms with E-state index in [0.29, 0.717) is 5.56 Å². The SMILES string of the molecule is O=C(c1cncc(Br)c1)N1CCN(Cc2csc(-c3ccccc3)n2)CC1. The van der Waals surface area contributed by atoms with Crippen molar-refractivity contribution >= 4 is 33.2 Å². The Kier molecular flexibility index (Phi) is 5.61. The van der Waals surface area contributed by atoms with Crippen LogP contribution in [0.4, 0.5) is 0 Å². The maximum atomic E-state index is 12.6. The van der Waals surface area contributed by atoms with Crippen molar-refractivity contribution in [3.63, 3.8) is 0 Å². The molecule has 27 heavy (non-hydrogen) atoms. The third-order valence-corrected chi connectivity index (χ3v) is 5.94. The van der Waals surface area contributed by atoms with Gasteiger partial charge in [-0.05, 0) is 22.0 Å². The van der Waals surface area contributed by atoms with E-state index in [2.05, 4.69) is 43.3 Å². The molecule has 1 aliphatic rings.